The second kappa shape index (κ2) is 5.87. The first-order chi connectivity index (χ1) is 10.3. The number of benzene rings is 3. The Morgan fingerprint density at radius 3 is 2.52 bits per heavy atom. The molecule has 0 saturated carbocycles. The van der Waals surface area contributed by atoms with Gasteiger partial charge in [-0.25, -0.2) is 0 Å². The number of nitrogens with zero attached hydrogens (tertiary/aromatic N) is 1. The summed E-state index contributed by atoms with van der Waals surface area (Å²) >= 11 is 6.00. The van der Waals surface area contributed by atoms with E-state index in [4.69, 9.17) is 11.6 Å². The van der Waals surface area contributed by atoms with Gasteiger partial charge in [0.15, 0.2) is 0 Å². The van der Waals surface area contributed by atoms with Crippen molar-refractivity contribution in [3.05, 3.63) is 76.8 Å². The van der Waals surface area contributed by atoms with Crippen molar-refractivity contribution in [3.63, 3.8) is 0 Å². The van der Waals surface area contributed by atoms with E-state index in [9.17, 15) is 5.26 Å². The van der Waals surface area contributed by atoms with E-state index < -0.39 is 0 Å². The molecular formula is C18H13ClN2. The van der Waals surface area contributed by atoms with Gasteiger partial charge in [0.05, 0.1) is 11.6 Å². The number of anilines is 1. The molecule has 0 atom stereocenters. The highest BCUT2D eigenvalue weighted by atomic mass is 35.5. The maximum Gasteiger partial charge on any atom is 0.0998 e. The van der Waals surface area contributed by atoms with Crippen LogP contribution in [0.5, 0.6) is 0 Å². The molecule has 0 aromatic heterocycles. The molecule has 2 nitrogen and oxygen atoms in total. The number of rotatable bonds is 3. The highest BCUT2D eigenvalue weighted by molar-refractivity contribution is 6.30. The Balaban J connectivity index is 1.93. The molecule has 102 valence electrons. The topological polar surface area (TPSA) is 35.8 Å². The molecule has 0 aliphatic rings. The van der Waals surface area contributed by atoms with E-state index in [0.717, 1.165) is 27.0 Å². The van der Waals surface area contributed by atoms with Crippen LogP contribution in [-0.4, -0.2) is 0 Å². The molecule has 0 amide bonds. The van der Waals surface area contributed by atoms with Crippen LogP contribution in [0.15, 0.2) is 60.7 Å². The summed E-state index contributed by atoms with van der Waals surface area (Å²) in [6, 6.07) is 21.7. The number of hydrogen-bond acceptors (Lipinski definition) is 2. The number of nitriles is 1. The van der Waals surface area contributed by atoms with Gasteiger partial charge in [0.2, 0.25) is 0 Å². The lowest BCUT2D eigenvalue weighted by molar-refractivity contribution is 1.15. The predicted molar refractivity (Wildman–Crippen MR) is 87.4 cm³/mol. The van der Waals surface area contributed by atoms with Gasteiger partial charge < -0.3 is 5.32 Å². The molecule has 21 heavy (non-hydrogen) atoms. The summed E-state index contributed by atoms with van der Waals surface area (Å²) in [6.45, 7) is 0.691. The SMILES string of the molecule is N#Cc1ccc(NCc2cccc(Cl)c2)c2ccccc12. The average Bonchev–Trinajstić information content (AvgIpc) is 2.52. The molecule has 0 spiro atoms. The Hall–Kier alpha value is -2.50. The maximum absolute atomic E-state index is 9.18. The molecular weight excluding hydrogens is 280 g/mol. The van der Waals surface area contributed by atoms with E-state index in [1.54, 1.807) is 0 Å². The smallest absolute Gasteiger partial charge is 0.0998 e. The first-order valence-corrected chi connectivity index (χ1v) is 7.06. The second-order valence-electron chi connectivity index (χ2n) is 4.80. The number of nitrogens with one attached hydrogen (secondary N) is 1. The lowest BCUT2D eigenvalue weighted by Gasteiger charge is -2.11. The summed E-state index contributed by atoms with van der Waals surface area (Å²) in [5, 5.41) is 15.4. The lowest BCUT2D eigenvalue weighted by Crippen LogP contribution is -2.00. The third-order valence-electron chi connectivity index (χ3n) is 3.42. The van der Waals surface area contributed by atoms with Gasteiger partial charge >= 0.3 is 0 Å². The minimum absolute atomic E-state index is 0.691. The molecule has 0 aliphatic carbocycles. The second-order valence-corrected chi connectivity index (χ2v) is 5.24. The minimum atomic E-state index is 0.691. The van der Waals surface area contributed by atoms with Crippen LogP contribution < -0.4 is 5.32 Å². The molecule has 3 aromatic rings. The fourth-order valence-corrected chi connectivity index (χ4v) is 2.61. The van der Waals surface area contributed by atoms with E-state index in [1.165, 1.54) is 0 Å². The zero-order chi connectivity index (χ0) is 14.7. The first kappa shape index (κ1) is 13.5. The first-order valence-electron chi connectivity index (χ1n) is 6.68. The normalized spacial score (nSPS) is 10.3. The highest BCUT2D eigenvalue weighted by Crippen LogP contribution is 2.26. The van der Waals surface area contributed by atoms with Gasteiger partial charge in [-0.15, -0.1) is 0 Å². The zero-order valence-electron chi connectivity index (χ0n) is 11.3. The van der Waals surface area contributed by atoms with E-state index in [1.807, 2.05) is 60.7 Å². The van der Waals surface area contributed by atoms with Crippen molar-refractivity contribution in [2.75, 3.05) is 5.32 Å². The zero-order valence-corrected chi connectivity index (χ0v) is 12.1. The Morgan fingerprint density at radius 1 is 0.952 bits per heavy atom. The molecule has 0 radical (unpaired) electrons. The van der Waals surface area contributed by atoms with Gasteiger partial charge in [0.1, 0.15) is 0 Å². The van der Waals surface area contributed by atoms with Crippen molar-refractivity contribution < 1.29 is 0 Å². The van der Waals surface area contributed by atoms with Crippen LogP contribution >= 0.6 is 11.6 Å². The van der Waals surface area contributed by atoms with Crippen molar-refractivity contribution in [1.29, 1.82) is 5.26 Å². The van der Waals surface area contributed by atoms with Crippen LogP contribution in [0.3, 0.4) is 0 Å². The van der Waals surface area contributed by atoms with Gasteiger partial charge in [0, 0.05) is 28.0 Å². The molecule has 0 fully saturated rings. The van der Waals surface area contributed by atoms with Gasteiger partial charge in [-0.2, -0.15) is 5.26 Å². The summed E-state index contributed by atoms with van der Waals surface area (Å²) < 4.78 is 0. The van der Waals surface area contributed by atoms with Crippen LogP contribution in [0.2, 0.25) is 5.02 Å². The maximum atomic E-state index is 9.18. The summed E-state index contributed by atoms with van der Waals surface area (Å²) in [7, 11) is 0. The monoisotopic (exact) mass is 292 g/mol. The van der Waals surface area contributed by atoms with Crippen LogP contribution in [-0.2, 0) is 6.54 Å². The Morgan fingerprint density at radius 2 is 1.76 bits per heavy atom. The van der Waals surface area contributed by atoms with Crippen molar-refractivity contribution >= 4 is 28.1 Å². The molecule has 3 heteroatoms. The van der Waals surface area contributed by atoms with Gasteiger partial charge in [0.25, 0.3) is 0 Å². The van der Waals surface area contributed by atoms with Crippen LogP contribution in [0.1, 0.15) is 11.1 Å². The predicted octanol–water partition coefficient (Wildman–Crippen LogP) is 4.98. The Kier molecular flexibility index (Phi) is 3.77. The number of fused-ring (bicyclic) bond motifs is 1. The number of hydrogen-bond donors (Lipinski definition) is 1. The molecule has 0 heterocycles. The number of halogens is 1. The highest BCUT2D eigenvalue weighted by Gasteiger charge is 2.05. The summed E-state index contributed by atoms with van der Waals surface area (Å²) in [5.41, 5.74) is 2.83. The van der Waals surface area contributed by atoms with Gasteiger partial charge in [-0.05, 0) is 29.8 Å². The lowest BCUT2D eigenvalue weighted by atomic mass is 10.0. The van der Waals surface area contributed by atoms with Crippen LogP contribution in [0.4, 0.5) is 5.69 Å². The minimum Gasteiger partial charge on any atom is -0.380 e. The third-order valence-corrected chi connectivity index (χ3v) is 3.65. The van der Waals surface area contributed by atoms with Crippen molar-refractivity contribution in [1.82, 2.24) is 0 Å². The molecule has 0 bridgehead atoms. The largest absolute Gasteiger partial charge is 0.380 e. The van der Waals surface area contributed by atoms with Gasteiger partial charge in [-0.3, -0.25) is 0 Å². The van der Waals surface area contributed by atoms with Crippen LogP contribution in [0.25, 0.3) is 10.8 Å². The third kappa shape index (κ3) is 2.84. The molecule has 1 N–H and O–H groups in total. The fraction of sp³-hybridized carbons (Fsp3) is 0.0556. The van der Waals surface area contributed by atoms with Gasteiger partial charge in [-0.1, -0.05) is 48.0 Å². The molecule has 0 aliphatic heterocycles. The van der Waals surface area contributed by atoms with Crippen molar-refractivity contribution in [3.8, 4) is 6.07 Å². The molecule has 0 unspecified atom stereocenters. The van der Waals surface area contributed by atoms with E-state index in [2.05, 4.69) is 11.4 Å². The van der Waals surface area contributed by atoms with E-state index in [-0.39, 0.29) is 0 Å². The summed E-state index contributed by atoms with van der Waals surface area (Å²) in [5.74, 6) is 0. The Bertz CT molecular complexity index is 834. The average molecular weight is 293 g/mol. The summed E-state index contributed by atoms with van der Waals surface area (Å²) in [6.07, 6.45) is 0. The van der Waals surface area contributed by atoms with E-state index >= 15 is 0 Å². The Labute approximate surface area is 128 Å². The van der Waals surface area contributed by atoms with Crippen molar-refractivity contribution in [2.24, 2.45) is 0 Å². The summed E-state index contributed by atoms with van der Waals surface area (Å²) in [4.78, 5) is 0. The fourth-order valence-electron chi connectivity index (χ4n) is 2.39. The quantitative estimate of drug-likeness (QED) is 0.739. The molecule has 3 aromatic carbocycles. The van der Waals surface area contributed by atoms with Crippen molar-refractivity contribution in [2.45, 2.75) is 6.54 Å². The standard InChI is InChI=1S/C18H13ClN2/c19-15-5-3-4-13(10-15)12-21-18-9-8-14(11-20)16-6-1-2-7-17(16)18/h1-10,21H,12H2. The molecule has 3 rings (SSSR count). The van der Waals surface area contributed by atoms with Crippen LogP contribution in [0, 0.1) is 11.3 Å². The molecule has 0 saturated heterocycles. The van der Waals surface area contributed by atoms with E-state index in [0.29, 0.717) is 12.1 Å².